The minimum absolute atomic E-state index is 0.869. The van der Waals surface area contributed by atoms with Crippen LogP contribution in [-0.2, 0) is 5.33 Å². The van der Waals surface area contributed by atoms with Gasteiger partial charge in [-0.15, -0.1) is 0 Å². The van der Waals surface area contributed by atoms with Crippen molar-refractivity contribution >= 4 is 42.8 Å². The number of hydrogen-bond acceptors (Lipinski definition) is 0. The van der Waals surface area contributed by atoms with E-state index in [0.717, 1.165) is 9.80 Å². The van der Waals surface area contributed by atoms with E-state index in [2.05, 4.69) is 49.0 Å². The van der Waals surface area contributed by atoms with E-state index in [9.17, 15) is 0 Å². The van der Waals surface area contributed by atoms with Gasteiger partial charge in [-0.05, 0) is 28.1 Å². The Morgan fingerprint density at radius 1 is 1.33 bits per heavy atom. The molecule has 0 aliphatic carbocycles. The SMILES string of the molecule is BrCc1cc2cccc(Br)c2[nH]1. The quantitative estimate of drug-likeness (QED) is 0.768. The average Bonchev–Trinajstić information content (AvgIpc) is 2.49. The molecule has 0 aliphatic heterocycles. The second kappa shape index (κ2) is 3.23. The molecule has 1 heterocycles. The summed E-state index contributed by atoms with van der Waals surface area (Å²) in [4.78, 5) is 3.32. The number of alkyl halides is 1. The van der Waals surface area contributed by atoms with Crippen LogP contribution < -0.4 is 0 Å². The average molecular weight is 289 g/mol. The van der Waals surface area contributed by atoms with Gasteiger partial charge in [-0.2, -0.15) is 0 Å². The molecule has 2 aromatic rings. The predicted octanol–water partition coefficient (Wildman–Crippen LogP) is 3.83. The molecule has 2 rings (SSSR count). The zero-order valence-electron chi connectivity index (χ0n) is 6.27. The van der Waals surface area contributed by atoms with E-state index in [0.29, 0.717) is 0 Å². The molecule has 0 aliphatic rings. The van der Waals surface area contributed by atoms with Gasteiger partial charge < -0.3 is 4.98 Å². The second-order valence-corrected chi connectivity index (χ2v) is 4.05. The summed E-state index contributed by atoms with van der Waals surface area (Å²) in [6.07, 6.45) is 0. The summed E-state index contributed by atoms with van der Waals surface area (Å²) in [5.41, 5.74) is 2.38. The lowest BCUT2D eigenvalue weighted by atomic mass is 10.2. The van der Waals surface area contributed by atoms with Crippen molar-refractivity contribution in [3.05, 3.63) is 34.4 Å². The van der Waals surface area contributed by atoms with Crippen LogP contribution in [0.1, 0.15) is 5.69 Å². The van der Waals surface area contributed by atoms with E-state index in [1.807, 2.05) is 12.1 Å². The van der Waals surface area contributed by atoms with Gasteiger partial charge in [-0.3, -0.25) is 0 Å². The summed E-state index contributed by atoms with van der Waals surface area (Å²) < 4.78 is 1.12. The minimum atomic E-state index is 0.869. The highest BCUT2D eigenvalue weighted by Crippen LogP contribution is 2.24. The van der Waals surface area contributed by atoms with Crippen molar-refractivity contribution in [1.82, 2.24) is 4.98 Å². The van der Waals surface area contributed by atoms with Gasteiger partial charge in [0.1, 0.15) is 0 Å². The standard InChI is InChI=1S/C9H7Br2N/c10-5-7-4-6-2-1-3-8(11)9(6)12-7/h1-4,12H,5H2. The van der Waals surface area contributed by atoms with Crippen LogP contribution in [0.4, 0.5) is 0 Å². The first kappa shape index (κ1) is 8.32. The first-order valence-corrected chi connectivity index (χ1v) is 5.55. The molecule has 1 aromatic heterocycles. The molecule has 1 nitrogen and oxygen atoms in total. The molecule has 62 valence electrons. The summed E-state index contributed by atoms with van der Waals surface area (Å²) >= 11 is 6.91. The van der Waals surface area contributed by atoms with Crippen molar-refractivity contribution in [2.24, 2.45) is 0 Å². The van der Waals surface area contributed by atoms with Gasteiger partial charge in [-0.1, -0.05) is 28.1 Å². The number of rotatable bonds is 1. The number of benzene rings is 1. The Kier molecular flexibility index (Phi) is 2.24. The number of aromatic nitrogens is 1. The maximum atomic E-state index is 3.49. The highest BCUT2D eigenvalue weighted by molar-refractivity contribution is 9.10. The van der Waals surface area contributed by atoms with E-state index < -0.39 is 0 Å². The zero-order chi connectivity index (χ0) is 8.55. The highest BCUT2D eigenvalue weighted by atomic mass is 79.9. The molecule has 0 spiro atoms. The predicted molar refractivity (Wildman–Crippen MR) is 58.6 cm³/mol. The second-order valence-electron chi connectivity index (χ2n) is 2.63. The van der Waals surface area contributed by atoms with Crippen LogP contribution >= 0.6 is 31.9 Å². The summed E-state index contributed by atoms with van der Waals surface area (Å²) in [5.74, 6) is 0. The third-order valence-corrected chi connectivity index (χ3v) is 3.07. The van der Waals surface area contributed by atoms with Crippen LogP contribution in [0.15, 0.2) is 28.7 Å². The van der Waals surface area contributed by atoms with E-state index in [4.69, 9.17) is 0 Å². The molecule has 0 unspecified atom stereocenters. The number of halogens is 2. The van der Waals surface area contributed by atoms with Crippen LogP contribution in [0.25, 0.3) is 10.9 Å². The minimum Gasteiger partial charge on any atom is -0.357 e. The molecular formula is C9H7Br2N. The first-order valence-electron chi connectivity index (χ1n) is 3.63. The van der Waals surface area contributed by atoms with E-state index in [1.165, 1.54) is 16.6 Å². The fraction of sp³-hybridized carbons (Fsp3) is 0.111. The highest BCUT2D eigenvalue weighted by Gasteiger charge is 2.01. The van der Waals surface area contributed by atoms with Crippen molar-refractivity contribution in [3.63, 3.8) is 0 Å². The monoisotopic (exact) mass is 287 g/mol. The summed E-state index contributed by atoms with van der Waals surface area (Å²) in [6, 6.07) is 8.33. The smallest absolute Gasteiger partial charge is 0.0600 e. The molecule has 3 heteroatoms. The first-order chi connectivity index (χ1) is 5.81. The van der Waals surface area contributed by atoms with Gasteiger partial charge in [0.2, 0.25) is 0 Å². The van der Waals surface area contributed by atoms with Crippen molar-refractivity contribution in [1.29, 1.82) is 0 Å². The fourth-order valence-corrected chi connectivity index (χ4v) is 2.03. The van der Waals surface area contributed by atoms with Crippen LogP contribution in [0, 0.1) is 0 Å². The Hall–Kier alpha value is -0.280. The lowest BCUT2D eigenvalue weighted by molar-refractivity contribution is 1.27. The number of aromatic amines is 1. The lowest BCUT2D eigenvalue weighted by Crippen LogP contribution is -1.73. The third kappa shape index (κ3) is 1.31. The van der Waals surface area contributed by atoms with Crippen LogP contribution in [0.3, 0.4) is 0 Å². The van der Waals surface area contributed by atoms with Gasteiger partial charge in [-0.25, -0.2) is 0 Å². The molecule has 0 bridgehead atoms. The summed E-state index contributed by atoms with van der Waals surface area (Å²) in [7, 11) is 0. The zero-order valence-corrected chi connectivity index (χ0v) is 9.44. The molecule has 0 fully saturated rings. The molecule has 0 amide bonds. The Labute approximate surface area is 87.4 Å². The van der Waals surface area contributed by atoms with Gasteiger partial charge in [0.05, 0.1) is 5.52 Å². The van der Waals surface area contributed by atoms with E-state index in [1.54, 1.807) is 0 Å². The Bertz CT molecular complexity index is 406. The molecule has 0 atom stereocenters. The van der Waals surface area contributed by atoms with Gasteiger partial charge in [0.25, 0.3) is 0 Å². The summed E-state index contributed by atoms with van der Waals surface area (Å²) in [6.45, 7) is 0. The Morgan fingerprint density at radius 2 is 2.17 bits per heavy atom. The number of hydrogen-bond donors (Lipinski definition) is 1. The molecule has 1 aromatic carbocycles. The van der Waals surface area contributed by atoms with Crippen LogP contribution in [-0.4, -0.2) is 4.98 Å². The number of H-pyrrole nitrogens is 1. The third-order valence-electron chi connectivity index (χ3n) is 1.81. The number of nitrogens with one attached hydrogen (secondary N) is 1. The topological polar surface area (TPSA) is 15.8 Å². The normalized spacial score (nSPS) is 10.8. The number of para-hydroxylation sites is 1. The largest absolute Gasteiger partial charge is 0.357 e. The summed E-state index contributed by atoms with van der Waals surface area (Å²) in [5, 5.41) is 2.12. The van der Waals surface area contributed by atoms with E-state index >= 15 is 0 Å². The Balaban J connectivity index is 2.74. The fourth-order valence-electron chi connectivity index (χ4n) is 1.25. The molecule has 0 saturated heterocycles. The van der Waals surface area contributed by atoms with Crippen molar-refractivity contribution < 1.29 is 0 Å². The van der Waals surface area contributed by atoms with Gasteiger partial charge in [0, 0.05) is 20.9 Å². The maximum absolute atomic E-state index is 3.49. The van der Waals surface area contributed by atoms with Crippen molar-refractivity contribution in [2.75, 3.05) is 0 Å². The van der Waals surface area contributed by atoms with Gasteiger partial charge >= 0.3 is 0 Å². The van der Waals surface area contributed by atoms with E-state index in [-0.39, 0.29) is 0 Å². The molecule has 0 saturated carbocycles. The maximum Gasteiger partial charge on any atom is 0.0600 e. The lowest BCUT2D eigenvalue weighted by Gasteiger charge is -1.91. The molecule has 12 heavy (non-hydrogen) atoms. The van der Waals surface area contributed by atoms with Crippen LogP contribution in [0.5, 0.6) is 0 Å². The van der Waals surface area contributed by atoms with Crippen molar-refractivity contribution in [3.8, 4) is 0 Å². The molecular weight excluding hydrogens is 282 g/mol. The molecule has 1 N–H and O–H groups in total. The Morgan fingerprint density at radius 3 is 2.83 bits per heavy atom. The van der Waals surface area contributed by atoms with Crippen LogP contribution in [0.2, 0.25) is 0 Å². The number of fused-ring (bicyclic) bond motifs is 1. The van der Waals surface area contributed by atoms with Gasteiger partial charge in [0.15, 0.2) is 0 Å². The van der Waals surface area contributed by atoms with Crippen molar-refractivity contribution in [2.45, 2.75) is 5.33 Å². The molecule has 0 radical (unpaired) electrons.